The van der Waals surface area contributed by atoms with Crippen LogP contribution in [0.3, 0.4) is 0 Å². The fourth-order valence-electron chi connectivity index (χ4n) is 3.07. The smallest absolute Gasteiger partial charge is 0.298 e. The number of hydrogen-bond donors (Lipinski definition) is 2. The number of hydrazine groups is 1. The molecule has 1 saturated carbocycles. The Morgan fingerprint density at radius 1 is 1.07 bits per heavy atom. The van der Waals surface area contributed by atoms with Crippen LogP contribution in [0.5, 0.6) is 0 Å². The normalized spacial score (nSPS) is 19.4. The third-order valence-electron chi connectivity index (χ3n) is 4.59. The SMILES string of the molecule is O=C(NS(=O)(=O)c1ccccc1Cl)N1NC(C2CC2)=CC1c1ccccc1. The Morgan fingerprint density at radius 2 is 1.74 bits per heavy atom. The van der Waals surface area contributed by atoms with Gasteiger partial charge in [0.2, 0.25) is 0 Å². The summed E-state index contributed by atoms with van der Waals surface area (Å²) >= 11 is 5.98. The van der Waals surface area contributed by atoms with E-state index >= 15 is 0 Å². The number of rotatable bonds is 4. The van der Waals surface area contributed by atoms with E-state index in [0.29, 0.717) is 5.92 Å². The van der Waals surface area contributed by atoms with E-state index in [2.05, 4.69) is 10.1 Å². The predicted molar refractivity (Wildman–Crippen MR) is 102 cm³/mol. The summed E-state index contributed by atoms with van der Waals surface area (Å²) in [4.78, 5) is 12.7. The van der Waals surface area contributed by atoms with Crippen molar-refractivity contribution in [2.24, 2.45) is 5.92 Å². The van der Waals surface area contributed by atoms with Crippen LogP contribution in [0.2, 0.25) is 5.02 Å². The number of hydrogen-bond acceptors (Lipinski definition) is 4. The molecule has 2 aliphatic rings. The van der Waals surface area contributed by atoms with Gasteiger partial charge in [-0.25, -0.2) is 22.9 Å². The predicted octanol–water partition coefficient (Wildman–Crippen LogP) is 3.59. The Hall–Kier alpha value is -2.51. The molecule has 0 spiro atoms. The number of urea groups is 1. The van der Waals surface area contributed by atoms with Crippen LogP contribution in [-0.2, 0) is 10.0 Å². The van der Waals surface area contributed by atoms with Crippen molar-refractivity contribution >= 4 is 27.7 Å². The summed E-state index contributed by atoms with van der Waals surface area (Å²) in [6, 6.07) is 14.3. The number of amides is 2. The first kappa shape index (κ1) is 17.9. The molecular formula is C19H18ClN3O3S. The Morgan fingerprint density at radius 3 is 2.41 bits per heavy atom. The highest BCUT2D eigenvalue weighted by Gasteiger charge is 2.38. The van der Waals surface area contributed by atoms with Crippen LogP contribution in [0.4, 0.5) is 4.79 Å². The van der Waals surface area contributed by atoms with Crippen LogP contribution in [-0.4, -0.2) is 19.5 Å². The Bertz CT molecular complexity index is 1000. The molecule has 2 aromatic rings. The molecule has 140 valence electrons. The summed E-state index contributed by atoms with van der Waals surface area (Å²) in [7, 11) is -4.09. The molecule has 1 unspecified atom stereocenters. The number of benzene rings is 2. The lowest BCUT2D eigenvalue weighted by Gasteiger charge is -2.25. The Balaban J connectivity index is 1.59. The molecule has 2 amide bonds. The lowest BCUT2D eigenvalue weighted by molar-refractivity contribution is 0.178. The average molecular weight is 404 g/mol. The minimum absolute atomic E-state index is 0.0589. The third kappa shape index (κ3) is 3.65. The van der Waals surface area contributed by atoms with Gasteiger partial charge in [0.15, 0.2) is 0 Å². The first-order chi connectivity index (χ1) is 13.0. The number of nitrogens with one attached hydrogen (secondary N) is 2. The van der Waals surface area contributed by atoms with Crippen LogP contribution in [0.15, 0.2) is 71.3 Å². The third-order valence-corrected chi connectivity index (χ3v) is 6.41. The molecule has 0 aromatic heterocycles. The fourth-order valence-corrected chi connectivity index (χ4v) is 4.53. The number of nitrogens with zero attached hydrogens (tertiary/aromatic N) is 1. The van der Waals surface area contributed by atoms with E-state index in [1.54, 1.807) is 12.1 Å². The van der Waals surface area contributed by atoms with E-state index in [9.17, 15) is 13.2 Å². The highest BCUT2D eigenvalue weighted by molar-refractivity contribution is 7.90. The van der Waals surface area contributed by atoms with Gasteiger partial charge in [-0.2, -0.15) is 0 Å². The second-order valence-corrected chi connectivity index (χ2v) is 8.63. The minimum atomic E-state index is -4.09. The first-order valence-corrected chi connectivity index (χ1v) is 10.5. The molecule has 4 rings (SSSR count). The maximum absolute atomic E-state index is 12.8. The molecule has 1 heterocycles. The summed E-state index contributed by atoms with van der Waals surface area (Å²) < 4.78 is 27.3. The number of carbonyl (C=O) groups is 1. The Kier molecular flexibility index (Phi) is 4.57. The maximum Gasteiger partial charge on any atom is 0.350 e. The van der Waals surface area contributed by atoms with Gasteiger partial charge in [0.25, 0.3) is 10.0 Å². The van der Waals surface area contributed by atoms with Crippen LogP contribution < -0.4 is 10.1 Å². The standard InChI is InChI=1S/C19H18ClN3O3S/c20-15-8-4-5-9-18(15)27(25,26)22-19(24)23-17(14-6-2-1-3-7-14)12-16(21-23)13-10-11-13/h1-9,12-13,17,21H,10-11H2,(H,22,24). The van der Waals surface area contributed by atoms with Gasteiger partial charge in [-0.1, -0.05) is 54.1 Å². The highest BCUT2D eigenvalue weighted by atomic mass is 35.5. The number of sulfonamides is 1. The van der Waals surface area contributed by atoms with Gasteiger partial charge in [-0.3, -0.25) is 5.43 Å². The van der Waals surface area contributed by atoms with Gasteiger partial charge in [-0.05, 0) is 36.6 Å². The van der Waals surface area contributed by atoms with Gasteiger partial charge >= 0.3 is 6.03 Å². The van der Waals surface area contributed by atoms with E-state index in [1.165, 1.54) is 17.1 Å². The molecule has 0 bridgehead atoms. The van der Waals surface area contributed by atoms with Crippen molar-refractivity contribution in [3.05, 3.63) is 77.0 Å². The van der Waals surface area contributed by atoms with E-state index in [4.69, 9.17) is 11.6 Å². The second kappa shape index (κ2) is 6.90. The van der Waals surface area contributed by atoms with Crippen molar-refractivity contribution in [1.29, 1.82) is 0 Å². The van der Waals surface area contributed by atoms with Crippen molar-refractivity contribution in [1.82, 2.24) is 15.2 Å². The molecule has 1 aliphatic heterocycles. The molecular weight excluding hydrogens is 386 g/mol. The largest absolute Gasteiger partial charge is 0.350 e. The van der Waals surface area contributed by atoms with Crippen molar-refractivity contribution in [2.75, 3.05) is 0 Å². The lowest BCUT2D eigenvalue weighted by atomic mass is 10.1. The molecule has 0 saturated heterocycles. The van der Waals surface area contributed by atoms with Gasteiger partial charge in [0, 0.05) is 11.6 Å². The molecule has 0 radical (unpaired) electrons. The number of carbonyl (C=O) groups excluding carboxylic acids is 1. The van der Waals surface area contributed by atoms with Crippen LogP contribution >= 0.6 is 11.6 Å². The van der Waals surface area contributed by atoms with E-state index in [-0.39, 0.29) is 16.0 Å². The molecule has 2 aromatic carbocycles. The van der Waals surface area contributed by atoms with Crippen molar-refractivity contribution in [3.8, 4) is 0 Å². The van der Waals surface area contributed by atoms with Crippen molar-refractivity contribution in [3.63, 3.8) is 0 Å². The van der Waals surface area contributed by atoms with Gasteiger partial charge < -0.3 is 0 Å². The fraction of sp³-hybridized carbons (Fsp3) is 0.211. The van der Waals surface area contributed by atoms with Crippen molar-refractivity contribution in [2.45, 2.75) is 23.8 Å². The average Bonchev–Trinajstić information content (AvgIpc) is 3.40. The summed E-state index contributed by atoms with van der Waals surface area (Å²) in [5, 5.41) is 1.38. The van der Waals surface area contributed by atoms with Crippen LogP contribution in [0.25, 0.3) is 0 Å². The molecule has 8 heteroatoms. The summed E-state index contributed by atoms with van der Waals surface area (Å²) in [5.41, 5.74) is 4.92. The molecule has 1 aliphatic carbocycles. The molecule has 27 heavy (non-hydrogen) atoms. The zero-order chi connectivity index (χ0) is 19.0. The molecule has 2 N–H and O–H groups in total. The highest BCUT2D eigenvalue weighted by Crippen LogP contribution is 2.40. The van der Waals surface area contributed by atoms with E-state index < -0.39 is 16.1 Å². The van der Waals surface area contributed by atoms with Crippen molar-refractivity contribution < 1.29 is 13.2 Å². The zero-order valence-corrected chi connectivity index (χ0v) is 15.9. The zero-order valence-electron chi connectivity index (χ0n) is 14.3. The van der Waals surface area contributed by atoms with E-state index in [1.807, 2.05) is 36.4 Å². The minimum Gasteiger partial charge on any atom is -0.298 e. The summed E-state index contributed by atoms with van der Waals surface area (Å²) in [6.07, 6.45) is 4.11. The lowest BCUT2D eigenvalue weighted by Crippen LogP contribution is -2.48. The summed E-state index contributed by atoms with van der Waals surface area (Å²) in [6.45, 7) is 0. The summed E-state index contributed by atoms with van der Waals surface area (Å²) in [5.74, 6) is 0.397. The number of allylic oxidation sites excluding steroid dienone is 1. The van der Waals surface area contributed by atoms with Crippen LogP contribution in [0, 0.1) is 5.92 Å². The monoisotopic (exact) mass is 403 g/mol. The van der Waals surface area contributed by atoms with Gasteiger partial charge in [0.1, 0.15) is 10.9 Å². The number of halogens is 1. The molecule has 1 atom stereocenters. The molecule has 6 nitrogen and oxygen atoms in total. The van der Waals surface area contributed by atoms with Gasteiger partial charge in [0.05, 0.1) is 5.02 Å². The van der Waals surface area contributed by atoms with Crippen LogP contribution in [0.1, 0.15) is 24.4 Å². The topological polar surface area (TPSA) is 78.5 Å². The van der Waals surface area contributed by atoms with Gasteiger partial charge in [-0.15, -0.1) is 0 Å². The second-order valence-electron chi connectivity index (χ2n) is 6.57. The Labute approximate surface area is 162 Å². The first-order valence-electron chi connectivity index (χ1n) is 8.59. The molecule has 1 fully saturated rings. The van der Waals surface area contributed by atoms with E-state index in [0.717, 1.165) is 24.1 Å². The maximum atomic E-state index is 12.8. The quantitative estimate of drug-likeness (QED) is 0.817.